The van der Waals surface area contributed by atoms with E-state index in [1.807, 2.05) is 48.2 Å². The molecule has 0 radical (unpaired) electrons. The van der Waals surface area contributed by atoms with Gasteiger partial charge in [-0.15, -0.1) is 5.10 Å². The minimum Gasteiger partial charge on any atom is -0.497 e. The smallest absolute Gasteiger partial charge is 0.225 e. The van der Waals surface area contributed by atoms with Crippen molar-refractivity contribution in [1.82, 2.24) is 34.8 Å². The number of hydrogen-bond donors (Lipinski definition) is 1. The van der Waals surface area contributed by atoms with Crippen molar-refractivity contribution < 1.29 is 9.53 Å². The number of nitrogens with zero attached hydrogens (tertiary/aromatic N) is 7. The molecule has 1 unspecified atom stereocenters. The molecule has 1 aliphatic heterocycles. The van der Waals surface area contributed by atoms with Gasteiger partial charge >= 0.3 is 0 Å². The molecule has 1 N–H and O–H groups in total. The number of anilines is 1. The van der Waals surface area contributed by atoms with Crippen LogP contribution in [0.5, 0.6) is 5.75 Å². The summed E-state index contributed by atoms with van der Waals surface area (Å²) in [4.78, 5) is 25.3. The van der Waals surface area contributed by atoms with Crippen LogP contribution in [0, 0.1) is 0 Å². The molecule has 158 valence electrons. The molecular formula is C20H26N8O2. The highest BCUT2D eigenvalue weighted by Gasteiger charge is 2.26. The van der Waals surface area contributed by atoms with Gasteiger partial charge in [-0.2, -0.15) is 9.67 Å². The number of hydrogen-bond acceptors (Lipinski definition) is 8. The summed E-state index contributed by atoms with van der Waals surface area (Å²) < 4.78 is 6.88. The fraction of sp³-hybridized carbons (Fsp3) is 0.450. The summed E-state index contributed by atoms with van der Waals surface area (Å²) in [7, 11) is 5.58. The SMILES string of the molecule is COc1ccc(-n2nnc3cnc(NC4CCN(C(=O)CCN(C)C)C4)nc32)cc1. The third-order valence-corrected chi connectivity index (χ3v) is 5.16. The molecule has 10 heteroatoms. The normalized spacial score (nSPS) is 16.4. The zero-order valence-electron chi connectivity index (χ0n) is 17.4. The molecule has 3 heterocycles. The second-order valence-corrected chi connectivity index (χ2v) is 7.62. The van der Waals surface area contributed by atoms with Gasteiger partial charge < -0.3 is 19.9 Å². The van der Waals surface area contributed by atoms with Gasteiger partial charge in [-0.05, 0) is 44.8 Å². The highest BCUT2D eigenvalue weighted by Crippen LogP contribution is 2.20. The summed E-state index contributed by atoms with van der Waals surface area (Å²) >= 11 is 0. The Morgan fingerprint density at radius 1 is 1.30 bits per heavy atom. The third kappa shape index (κ3) is 4.33. The Balaban J connectivity index is 1.46. The van der Waals surface area contributed by atoms with Crippen molar-refractivity contribution in [1.29, 1.82) is 0 Å². The lowest BCUT2D eigenvalue weighted by Crippen LogP contribution is -2.33. The minimum atomic E-state index is 0.121. The lowest BCUT2D eigenvalue weighted by Gasteiger charge is -2.18. The second-order valence-electron chi connectivity index (χ2n) is 7.62. The van der Waals surface area contributed by atoms with Crippen LogP contribution in [0.15, 0.2) is 30.5 Å². The number of fused-ring (bicyclic) bond motifs is 1. The lowest BCUT2D eigenvalue weighted by molar-refractivity contribution is -0.130. The predicted octanol–water partition coefficient (Wildman–Crippen LogP) is 1.18. The predicted molar refractivity (Wildman–Crippen MR) is 113 cm³/mol. The van der Waals surface area contributed by atoms with Gasteiger partial charge in [0.2, 0.25) is 11.9 Å². The quantitative estimate of drug-likeness (QED) is 0.620. The number of likely N-dealkylation sites (tertiary alicyclic amines) is 1. The van der Waals surface area contributed by atoms with E-state index >= 15 is 0 Å². The second kappa shape index (κ2) is 8.62. The van der Waals surface area contributed by atoms with Gasteiger partial charge in [0.05, 0.1) is 19.0 Å². The number of carbonyl (C=O) groups is 1. The number of rotatable bonds is 7. The summed E-state index contributed by atoms with van der Waals surface area (Å²) in [5, 5.41) is 11.7. The Hall–Kier alpha value is -3.27. The number of benzene rings is 1. The van der Waals surface area contributed by atoms with Gasteiger partial charge in [-0.3, -0.25) is 4.79 Å². The Labute approximate surface area is 174 Å². The van der Waals surface area contributed by atoms with Crippen molar-refractivity contribution in [3.05, 3.63) is 30.5 Å². The standard InChI is InChI=1S/C20H26N8O2/c1-26(2)10-9-18(29)27-11-8-14(13-27)22-20-21-12-17-19(23-20)28(25-24-17)15-4-6-16(30-3)7-5-15/h4-7,12,14H,8-11,13H2,1-3H3,(H,21,22,23). The van der Waals surface area contributed by atoms with E-state index in [-0.39, 0.29) is 11.9 Å². The van der Waals surface area contributed by atoms with Gasteiger partial charge in [0.15, 0.2) is 11.2 Å². The molecule has 4 rings (SSSR count). The molecule has 1 saturated heterocycles. The van der Waals surface area contributed by atoms with E-state index in [1.165, 1.54) is 0 Å². The first-order valence-electron chi connectivity index (χ1n) is 9.95. The molecule has 1 fully saturated rings. The van der Waals surface area contributed by atoms with Crippen molar-refractivity contribution in [3.63, 3.8) is 0 Å². The third-order valence-electron chi connectivity index (χ3n) is 5.16. The van der Waals surface area contributed by atoms with Crippen molar-refractivity contribution in [2.24, 2.45) is 0 Å². The lowest BCUT2D eigenvalue weighted by atomic mass is 10.3. The molecule has 0 aliphatic carbocycles. The molecule has 10 nitrogen and oxygen atoms in total. The van der Waals surface area contributed by atoms with E-state index in [0.717, 1.165) is 30.9 Å². The number of ether oxygens (including phenoxy) is 1. The van der Waals surface area contributed by atoms with E-state index in [4.69, 9.17) is 4.74 Å². The Kier molecular flexibility index (Phi) is 5.75. The van der Waals surface area contributed by atoms with Crippen LogP contribution in [0.25, 0.3) is 16.9 Å². The molecule has 0 spiro atoms. The molecule has 1 aliphatic rings. The minimum absolute atomic E-state index is 0.121. The molecule has 3 aromatic rings. The van der Waals surface area contributed by atoms with Crippen molar-refractivity contribution in [3.8, 4) is 11.4 Å². The number of amides is 1. The molecule has 0 saturated carbocycles. The molecule has 1 amide bonds. The first-order valence-corrected chi connectivity index (χ1v) is 9.95. The fourth-order valence-corrected chi connectivity index (χ4v) is 3.46. The van der Waals surface area contributed by atoms with E-state index in [1.54, 1.807) is 18.0 Å². The molecule has 1 atom stereocenters. The van der Waals surface area contributed by atoms with E-state index in [0.29, 0.717) is 30.1 Å². The van der Waals surface area contributed by atoms with Crippen molar-refractivity contribution in [2.45, 2.75) is 18.9 Å². The van der Waals surface area contributed by atoms with Crippen LogP contribution < -0.4 is 10.1 Å². The topological polar surface area (TPSA) is 101 Å². The Morgan fingerprint density at radius 3 is 2.83 bits per heavy atom. The van der Waals surface area contributed by atoms with Crippen LogP contribution in [0.4, 0.5) is 5.95 Å². The van der Waals surface area contributed by atoms with E-state index in [2.05, 4.69) is 25.6 Å². The van der Waals surface area contributed by atoms with E-state index in [9.17, 15) is 4.79 Å². The maximum absolute atomic E-state index is 12.3. The zero-order valence-corrected chi connectivity index (χ0v) is 17.4. The van der Waals surface area contributed by atoms with Gasteiger partial charge in [0.1, 0.15) is 5.75 Å². The van der Waals surface area contributed by atoms with Gasteiger partial charge in [-0.1, -0.05) is 5.21 Å². The Bertz CT molecular complexity index is 1020. The van der Waals surface area contributed by atoms with Crippen LogP contribution in [0.2, 0.25) is 0 Å². The number of methoxy groups -OCH3 is 1. The fourth-order valence-electron chi connectivity index (χ4n) is 3.46. The summed E-state index contributed by atoms with van der Waals surface area (Å²) in [5.74, 6) is 1.46. The summed E-state index contributed by atoms with van der Waals surface area (Å²) in [6.07, 6.45) is 3.06. The summed E-state index contributed by atoms with van der Waals surface area (Å²) in [6.45, 7) is 2.16. The average molecular weight is 410 g/mol. The molecule has 30 heavy (non-hydrogen) atoms. The maximum Gasteiger partial charge on any atom is 0.225 e. The van der Waals surface area contributed by atoms with Gasteiger partial charge in [0.25, 0.3) is 0 Å². The molecule has 1 aromatic carbocycles. The highest BCUT2D eigenvalue weighted by molar-refractivity contribution is 5.77. The first kappa shape index (κ1) is 20.0. The molecule has 2 aromatic heterocycles. The largest absolute Gasteiger partial charge is 0.497 e. The number of carbonyl (C=O) groups excluding carboxylic acids is 1. The summed E-state index contributed by atoms with van der Waals surface area (Å²) in [5.41, 5.74) is 2.07. The number of nitrogens with one attached hydrogen (secondary N) is 1. The van der Waals surface area contributed by atoms with E-state index < -0.39 is 0 Å². The van der Waals surface area contributed by atoms with Crippen LogP contribution in [0.3, 0.4) is 0 Å². The van der Waals surface area contributed by atoms with Crippen molar-refractivity contribution >= 4 is 23.0 Å². The highest BCUT2D eigenvalue weighted by atomic mass is 16.5. The van der Waals surface area contributed by atoms with Crippen LogP contribution in [-0.4, -0.2) is 87.6 Å². The maximum atomic E-state index is 12.3. The zero-order chi connectivity index (χ0) is 21.1. The van der Waals surface area contributed by atoms with Crippen LogP contribution in [0.1, 0.15) is 12.8 Å². The van der Waals surface area contributed by atoms with Crippen LogP contribution in [-0.2, 0) is 4.79 Å². The number of aromatic nitrogens is 5. The average Bonchev–Trinajstić information content (AvgIpc) is 3.39. The van der Waals surface area contributed by atoms with Crippen molar-refractivity contribution in [2.75, 3.05) is 46.2 Å². The Morgan fingerprint density at radius 2 is 2.10 bits per heavy atom. The van der Waals surface area contributed by atoms with Gasteiger partial charge in [-0.25, -0.2) is 4.98 Å². The summed E-state index contributed by atoms with van der Waals surface area (Å²) in [6, 6.07) is 7.65. The molecule has 0 bridgehead atoms. The molecular weight excluding hydrogens is 384 g/mol. The van der Waals surface area contributed by atoms with Crippen LogP contribution >= 0.6 is 0 Å². The monoisotopic (exact) mass is 410 g/mol. The first-order chi connectivity index (χ1) is 14.5. The van der Waals surface area contributed by atoms with Gasteiger partial charge in [0, 0.05) is 32.1 Å².